The van der Waals surface area contributed by atoms with E-state index < -0.39 is 46.5 Å². The van der Waals surface area contributed by atoms with Crippen LogP contribution in [0.5, 0.6) is 0 Å². The minimum atomic E-state index is -4.90. The number of hydrogen-bond acceptors (Lipinski definition) is 8. The Bertz CT molecular complexity index is 2360. The SMILES string of the molecule is C.CN(C)Cc1nccn1-c1ccc(N)c(F)c1.CN(C)Cc1nccn1-c1ccc(NC(=O)c2cc(C(F)(F)F)nn2-c2ccc(F)c(C#N)c2)c(F)c1.II.I[I-]I. The van der Waals surface area contributed by atoms with Crippen LogP contribution >= 0.6 is 74.5 Å². The molecule has 0 fully saturated rings. The van der Waals surface area contributed by atoms with Crippen LogP contribution in [0, 0.1) is 28.8 Å². The summed E-state index contributed by atoms with van der Waals surface area (Å²) in [5.74, 6) is -1.75. The Balaban J connectivity index is 0.000000449. The van der Waals surface area contributed by atoms with Gasteiger partial charge in [0.05, 0.1) is 35.7 Å². The fourth-order valence-electron chi connectivity index (χ4n) is 5.15. The van der Waals surface area contributed by atoms with E-state index in [1.54, 1.807) is 41.4 Å². The molecule has 6 aromatic rings. The second-order valence-electron chi connectivity index (χ2n) is 12.4. The standard InChI is InChI=1S/C24H18F5N7O.C12H15FN4.CH4.I3.I2/c1-34(2)13-22-31-7-8-35(22)15-4-6-19(18(26)10-15)32-23(37)20-11-21(24(27,28)29)33-36(20)16-3-5-17(25)14(9-16)12-30;1-16(2)8-12-15-5-6-17(12)9-3-4-11(14)10(13)7-9;;1-3-2;1-2/h3-11H,13H2,1-2H3,(H,32,37);3-7H,8,14H2,1-2H3;1H4;;/q;;;-1;. The number of aromatic nitrogens is 6. The first-order valence-electron chi connectivity index (χ1n) is 16.4. The molecule has 12 nitrogen and oxygen atoms in total. The van der Waals surface area contributed by atoms with Gasteiger partial charge in [-0.3, -0.25) is 4.79 Å². The van der Waals surface area contributed by atoms with E-state index in [0.29, 0.717) is 48.6 Å². The summed E-state index contributed by atoms with van der Waals surface area (Å²) in [4.78, 5) is 25.3. The first-order chi connectivity index (χ1) is 28.0. The molecule has 60 heavy (non-hydrogen) atoms. The van der Waals surface area contributed by atoms with E-state index in [9.17, 15) is 31.1 Å². The summed E-state index contributed by atoms with van der Waals surface area (Å²) >= 11 is 9.54. The maximum atomic E-state index is 14.9. The zero-order valence-electron chi connectivity index (χ0n) is 31.2. The van der Waals surface area contributed by atoms with Gasteiger partial charge >= 0.3 is 56.7 Å². The number of nitriles is 1. The van der Waals surface area contributed by atoms with Crippen LogP contribution in [0.2, 0.25) is 0 Å². The normalized spacial score (nSPS) is 10.7. The van der Waals surface area contributed by atoms with Gasteiger partial charge in [-0.2, -0.15) is 23.5 Å². The van der Waals surface area contributed by atoms with E-state index in [-0.39, 0.29) is 24.5 Å². The van der Waals surface area contributed by atoms with Crippen molar-refractivity contribution in [2.24, 2.45) is 0 Å². The average Bonchev–Trinajstić information content (AvgIpc) is 3.96. The predicted octanol–water partition coefficient (Wildman–Crippen LogP) is 7.38. The molecule has 0 bridgehead atoms. The third-order valence-corrected chi connectivity index (χ3v) is 7.64. The van der Waals surface area contributed by atoms with Crippen molar-refractivity contribution in [3.05, 3.63) is 132 Å². The first kappa shape index (κ1) is 53.3. The second kappa shape index (κ2) is 25.3. The topological polar surface area (TPSA) is 139 Å². The Kier molecular flexibility index (Phi) is 22.5. The fourth-order valence-corrected chi connectivity index (χ4v) is 5.15. The molecule has 0 radical (unpaired) electrons. The molecule has 3 aromatic heterocycles. The van der Waals surface area contributed by atoms with E-state index in [1.165, 1.54) is 18.2 Å². The summed E-state index contributed by atoms with van der Waals surface area (Å²) in [7, 11) is 7.62. The molecule has 0 atom stereocenters. The third kappa shape index (κ3) is 14.9. The summed E-state index contributed by atoms with van der Waals surface area (Å²) in [6.45, 7) is 1.18. The molecule has 0 unspecified atom stereocenters. The van der Waals surface area contributed by atoms with Crippen LogP contribution in [-0.4, -0.2) is 72.8 Å². The summed E-state index contributed by atoms with van der Waals surface area (Å²) in [5.41, 5.74) is 3.85. The van der Waals surface area contributed by atoms with Crippen LogP contribution in [0.25, 0.3) is 17.1 Å². The van der Waals surface area contributed by atoms with Crippen LogP contribution in [0.3, 0.4) is 0 Å². The van der Waals surface area contributed by atoms with E-state index in [2.05, 4.69) is 94.8 Å². The van der Waals surface area contributed by atoms with Gasteiger partial charge in [-0.1, -0.05) is 7.43 Å². The monoisotopic (exact) mass is 1400 g/mol. The Hall–Kier alpha value is -2.80. The van der Waals surface area contributed by atoms with E-state index in [0.717, 1.165) is 35.8 Å². The number of hydrogen-bond donors (Lipinski definition) is 2. The Morgan fingerprint density at radius 2 is 1.32 bits per heavy atom. The summed E-state index contributed by atoms with van der Waals surface area (Å²) in [5, 5.41) is 14.7. The average molecular weight is 1400 g/mol. The van der Waals surface area contributed by atoms with Crippen LogP contribution < -0.4 is 24.3 Å². The summed E-state index contributed by atoms with van der Waals surface area (Å²) < 4.78 is 86.3. The molecule has 6 rings (SSSR count). The minimum absolute atomic E-state index is 0. The van der Waals surface area contributed by atoms with Crippen LogP contribution in [0.4, 0.5) is 37.7 Å². The van der Waals surface area contributed by atoms with Gasteiger partial charge in [-0.05, 0) is 70.7 Å². The molecule has 1 amide bonds. The molecule has 0 spiro atoms. The number of nitrogens with zero attached hydrogens (tertiary/aromatic N) is 9. The molecular formula is C37H37F6I5N11O-. The Labute approximate surface area is 396 Å². The second-order valence-corrected chi connectivity index (χ2v) is 28.6. The quantitative estimate of drug-likeness (QED) is 0.0870. The molecule has 0 aliphatic carbocycles. The van der Waals surface area contributed by atoms with Crippen molar-refractivity contribution in [2.75, 3.05) is 39.2 Å². The predicted molar refractivity (Wildman–Crippen MR) is 250 cm³/mol. The Morgan fingerprint density at radius 3 is 1.78 bits per heavy atom. The number of imidazole rings is 2. The van der Waals surface area contributed by atoms with Gasteiger partial charge in [0.25, 0.3) is 5.91 Å². The van der Waals surface area contributed by atoms with Crippen LogP contribution in [0.1, 0.15) is 40.8 Å². The van der Waals surface area contributed by atoms with E-state index >= 15 is 0 Å². The van der Waals surface area contributed by atoms with Crippen molar-refractivity contribution in [2.45, 2.75) is 26.7 Å². The van der Waals surface area contributed by atoms with Crippen LogP contribution in [-0.2, 0) is 19.3 Å². The molecule has 0 saturated heterocycles. The maximum absolute atomic E-state index is 14.9. The number of halogens is 11. The molecule has 3 heterocycles. The Morgan fingerprint density at radius 1 is 0.817 bits per heavy atom. The number of anilines is 2. The number of nitrogen functional groups attached to an aromatic ring is 1. The molecule has 0 aliphatic heterocycles. The summed E-state index contributed by atoms with van der Waals surface area (Å²) in [6, 6.07) is 13.6. The van der Waals surface area contributed by atoms with Crippen molar-refractivity contribution in [3.8, 4) is 23.1 Å². The van der Waals surface area contributed by atoms with Gasteiger partial charge in [0, 0.05) is 91.6 Å². The number of nitrogens with two attached hydrogens (primary N) is 1. The van der Waals surface area contributed by atoms with Gasteiger partial charge in [0.15, 0.2) is 5.69 Å². The third-order valence-electron chi connectivity index (χ3n) is 7.64. The first-order valence-corrected chi connectivity index (χ1v) is 35.2. The zero-order chi connectivity index (χ0) is 44.0. The molecule has 324 valence electrons. The van der Waals surface area contributed by atoms with Gasteiger partial charge in [-0.15, -0.1) is 0 Å². The van der Waals surface area contributed by atoms with Crippen molar-refractivity contribution >= 4 is 91.7 Å². The number of rotatable bonds is 9. The van der Waals surface area contributed by atoms with Crippen molar-refractivity contribution < 1.29 is 44.4 Å². The zero-order valence-corrected chi connectivity index (χ0v) is 42.0. The molecule has 0 saturated carbocycles. The van der Waals surface area contributed by atoms with Crippen LogP contribution in [0.15, 0.2) is 85.5 Å². The van der Waals surface area contributed by atoms with Gasteiger partial charge in [0.2, 0.25) is 0 Å². The van der Waals surface area contributed by atoms with Gasteiger partial charge in [-0.25, -0.2) is 27.8 Å². The summed E-state index contributed by atoms with van der Waals surface area (Å²) in [6.07, 6.45) is 1.80. The molecular weight excluding hydrogens is 1360 g/mol. The molecule has 3 aromatic carbocycles. The molecule has 0 aliphatic rings. The fraction of sp³-hybridized carbons (Fsp3) is 0.216. The van der Waals surface area contributed by atoms with Crippen molar-refractivity contribution in [1.29, 1.82) is 5.26 Å². The number of carbonyl (C=O) groups excluding carboxylic acids is 1. The number of alkyl halides is 3. The van der Waals surface area contributed by atoms with Gasteiger partial charge < -0.3 is 30.0 Å². The van der Waals surface area contributed by atoms with E-state index in [4.69, 9.17) is 11.0 Å². The molecule has 23 heteroatoms. The number of nitrogens with one attached hydrogen (secondary N) is 1. The van der Waals surface area contributed by atoms with Gasteiger partial charge in [0.1, 0.15) is 40.9 Å². The number of carbonyl (C=O) groups is 1. The van der Waals surface area contributed by atoms with Crippen molar-refractivity contribution in [3.63, 3.8) is 0 Å². The van der Waals surface area contributed by atoms with E-state index in [1.807, 2.05) is 48.8 Å². The number of benzene rings is 3. The van der Waals surface area contributed by atoms with Crippen molar-refractivity contribution in [1.82, 2.24) is 38.7 Å². The number of amides is 1. The molecule has 3 N–H and O–H groups in total.